The van der Waals surface area contributed by atoms with Gasteiger partial charge in [-0.2, -0.15) is 0 Å². The minimum absolute atomic E-state index is 0. The van der Waals surface area contributed by atoms with Gasteiger partial charge < -0.3 is 9.30 Å². The standard InChI is InChI=1S/C21H22F2N2O.ClH/c1-13(2)8-10-25-15(4)14(3)17-7-9-24-19(21(17)25)12-26-20-6-5-16(22)11-18(20)23;/h5-9,11H,10,12H2,1-4H3;1H. The van der Waals surface area contributed by atoms with Crippen molar-refractivity contribution in [2.75, 3.05) is 0 Å². The number of ether oxygens (including phenoxy) is 1. The Morgan fingerprint density at radius 2 is 1.93 bits per heavy atom. The first kappa shape index (κ1) is 20.9. The second-order valence-corrected chi connectivity index (χ2v) is 6.62. The van der Waals surface area contributed by atoms with Crippen molar-refractivity contribution in [2.45, 2.75) is 40.8 Å². The molecule has 144 valence electrons. The predicted octanol–water partition coefficient (Wildman–Crippen LogP) is 5.90. The van der Waals surface area contributed by atoms with Crippen LogP contribution >= 0.6 is 12.4 Å². The molecule has 0 saturated carbocycles. The first-order chi connectivity index (χ1) is 12.4. The molecule has 6 heteroatoms. The zero-order chi connectivity index (χ0) is 18.8. The summed E-state index contributed by atoms with van der Waals surface area (Å²) < 4.78 is 34.7. The molecule has 2 heterocycles. The topological polar surface area (TPSA) is 27.1 Å². The van der Waals surface area contributed by atoms with Gasteiger partial charge in [-0.1, -0.05) is 11.6 Å². The highest BCUT2D eigenvalue weighted by Crippen LogP contribution is 2.28. The molecule has 0 atom stereocenters. The monoisotopic (exact) mass is 392 g/mol. The second kappa shape index (κ2) is 8.53. The Labute approximate surface area is 164 Å². The lowest BCUT2D eigenvalue weighted by Crippen LogP contribution is -2.05. The van der Waals surface area contributed by atoms with Crippen LogP contribution in [0.1, 0.15) is 30.8 Å². The zero-order valence-electron chi connectivity index (χ0n) is 15.8. The SMILES string of the molecule is CC(C)=CCn1c(C)c(C)c2ccnc(COc3ccc(F)cc3F)c21.Cl. The fourth-order valence-corrected chi connectivity index (χ4v) is 3.01. The van der Waals surface area contributed by atoms with Crippen LogP contribution in [0.25, 0.3) is 10.9 Å². The van der Waals surface area contributed by atoms with Gasteiger partial charge in [-0.3, -0.25) is 4.98 Å². The maximum Gasteiger partial charge on any atom is 0.167 e. The first-order valence-electron chi connectivity index (χ1n) is 8.53. The van der Waals surface area contributed by atoms with Crippen LogP contribution < -0.4 is 4.74 Å². The number of benzene rings is 1. The van der Waals surface area contributed by atoms with E-state index in [0.717, 1.165) is 29.2 Å². The minimum Gasteiger partial charge on any atom is -0.484 e. The zero-order valence-corrected chi connectivity index (χ0v) is 16.7. The van der Waals surface area contributed by atoms with E-state index >= 15 is 0 Å². The average Bonchev–Trinajstić information content (AvgIpc) is 2.84. The third-order valence-electron chi connectivity index (χ3n) is 4.56. The molecule has 2 aromatic heterocycles. The van der Waals surface area contributed by atoms with Gasteiger partial charge in [-0.15, -0.1) is 12.4 Å². The molecular weight excluding hydrogens is 370 g/mol. The van der Waals surface area contributed by atoms with Gasteiger partial charge in [-0.05, 0) is 51.5 Å². The number of hydrogen-bond donors (Lipinski definition) is 0. The summed E-state index contributed by atoms with van der Waals surface area (Å²) in [5.74, 6) is -1.33. The predicted molar refractivity (Wildman–Crippen MR) is 107 cm³/mol. The summed E-state index contributed by atoms with van der Waals surface area (Å²) in [6, 6.07) is 5.27. The van der Waals surface area contributed by atoms with E-state index in [-0.39, 0.29) is 24.8 Å². The van der Waals surface area contributed by atoms with E-state index in [1.807, 2.05) is 6.07 Å². The third-order valence-corrected chi connectivity index (χ3v) is 4.56. The molecule has 0 spiro atoms. The molecule has 0 radical (unpaired) electrons. The molecule has 0 bridgehead atoms. The number of hydrogen-bond acceptors (Lipinski definition) is 2. The number of halogens is 3. The Morgan fingerprint density at radius 3 is 2.59 bits per heavy atom. The van der Waals surface area contributed by atoms with Crippen LogP contribution in [0.3, 0.4) is 0 Å². The van der Waals surface area contributed by atoms with Gasteiger partial charge in [-0.25, -0.2) is 8.78 Å². The van der Waals surface area contributed by atoms with Gasteiger partial charge in [0.2, 0.25) is 0 Å². The van der Waals surface area contributed by atoms with Gasteiger partial charge in [0.25, 0.3) is 0 Å². The van der Waals surface area contributed by atoms with Crippen LogP contribution in [0.2, 0.25) is 0 Å². The summed E-state index contributed by atoms with van der Waals surface area (Å²) in [6.07, 6.45) is 3.89. The van der Waals surface area contributed by atoms with Gasteiger partial charge >= 0.3 is 0 Å². The molecule has 0 aliphatic rings. The molecule has 0 N–H and O–H groups in total. The van der Waals surface area contributed by atoms with E-state index in [1.54, 1.807) is 6.20 Å². The fraction of sp³-hybridized carbons (Fsp3) is 0.286. The van der Waals surface area contributed by atoms with E-state index in [0.29, 0.717) is 0 Å². The van der Waals surface area contributed by atoms with Crippen LogP contribution in [0.4, 0.5) is 8.78 Å². The molecule has 0 aliphatic heterocycles. The summed E-state index contributed by atoms with van der Waals surface area (Å²) in [7, 11) is 0. The lowest BCUT2D eigenvalue weighted by Gasteiger charge is -2.11. The molecule has 1 aromatic carbocycles. The summed E-state index contributed by atoms with van der Waals surface area (Å²) in [4.78, 5) is 4.45. The number of aromatic nitrogens is 2. The Balaban J connectivity index is 0.00000261. The van der Waals surface area contributed by atoms with Crippen molar-refractivity contribution >= 4 is 23.3 Å². The van der Waals surface area contributed by atoms with Crippen LogP contribution in [-0.2, 0) is 13.2 Å². The Hall–Kier alpha value is -2.40. The van der Waals surface area contributed by atoms with Crippen molar-refractivity contribution in [3.8, 4) is 5.75 Å². The molecule has 0 aliphatic carbocycles. The smallest absolute Gasteiger partial charge is 0.167 e. The van der Waals surface area contributed by atoms with E-state index in [2.05, 4.69) is 43.3 Å². The van der Waals surface area contributed by atoms with Gasteiger partial charge in [0.1, 0.15) is 18.1 Å². The van der Waals surface area contributed by atoms with E-state index in [9.17, 15) is 8.78 Å². The average molecular weight is 393 g/mol. The normalized spacial score (nSPS) is 10.6. The second-order valence-electron chi connectivity index (χ2n) is 6.62. The first-order valence-corrected chi connectivity index (χ1v) is 8.53. The summed E-state index contributed by atoms with van der Waals surface area (Å²) in [5.41, 5.74) is 5.31. The fourth-order valence-electron chi connectivity index (χ4n) is 3.01. The van der Waals surface area contributed by atoms with Crippen molar-refractivity contribution < 1.29 is 13.5 Å². The minimum atomic E-state index is -0.718. The van der Waals surface area contributed by atoms with Gasteiger partial charge in [0.05, 0.1) is 5.52 Å². The molecular formula is C21H23ClF2N2O. The lowest BCUT2D eigenvalue weighted by atomic mass is 10.2. The van der Waals surface area contributed by atoms with Crippen molar-refractivity contribution in [3.05, 3.63) is 70.7 Å². The largest absolute Gasteiger partial charge is 0.484 e. The van der Waals surface area contributed by atoms with Crippen molar-refractivity contribution in [2.24, 2.45) is 0 Å². The number of fused-ring (bicyclic) bond motifs is 1. The van der Waals surface area contributed by atoms with Crippen LogP contribution in [0.5, 0.6) is 5.75 Å². The van der Waals surface area contributed by atoms with Crippen molar-refractivity contribution in [1.29, 1.82) is 0 Å². The highest BCUT2D eigenvalue weighted by Gasteiger charge is 2.15. The summed E-state index contributed by atoms with van der Waals surface area (Å²) >= 11 is 0. The quantitative estimate of drug-likeness (QED) is 0.505. The highest BCUT2D eigenvalue weighted by atomic mass is 35.5. The third kappa shape index (κ3) is 4.30. The molecule has 0 amide bonds. The Bertz CT molecular complexity index is 992. The molecule has 27 heavy (non-hydrogen) atoms. The highest BCUT2D eigenvalue weighted by molar-refractivity contribution is 5.87. The number of allylic oxidation sites excluding steroid dienone is 2. The summed E-state index contributed by atoms with van der Waals surface area (Å²) in [6.45, 7) is 9.14. The maximum atomic E-state index is 13.8. The van der Waals surface area contributed by atoms with Gasteiger partial charge in [0.15, 0.2) is 11.6 Å². The number of aryl methyl sites for hydroxylation is 1. The number of pyridine rings is 1. The molecule has 3 aromatic rings. The Morgan fingerprint density at radius 1 is 1.19 bits per heavy atom. The van der Waals surface area contributed by atoms with Crippen LogP contribution in [0, 0.1) is 25.5 Å². The van der Waals surface area contributed by atoms with Gasteiger partial charge in [0, 0.05) is 29.9 Å². The molecule has 3 rings (SSSR count). The molecule has 0 fully saturated rings. The van der Waals surface area contributed by atoms with Crippen LogP contribution in [0.15, 0.2) is 42.1 Å². The molecule has 0 saturated heterocycles. The van der Waals surface area contributed by atoms with Crippen LogP contribution in [-0.4, -0.2) is 9.55 Å². The van der Waals surface area contributed by atoms with Crippen molar-refractivity contribution in [3.63, 3.8) is 0 Å². The Kier molecular flexibility index (Phi) is 6.60. The maximum absolute atomic E-state index is 13.8. The number of rotatable bonds is 5. The van der Waals surface area contributed by atoms with Crippen molar-refractivity contribution in [1.82, 2.24) is 9.55 Å². The summed E-state index contributed by atoms with van der Waals surface area (Å²) in [5, 5.41) is 1.11. The van der Waals surface area contributed by atoms with E-state index < -0.39 is 11.6 Å². The van der Waals surface area contributed by atoms with E-state index in [4.69, 9.17) is 4.74 Å². The number of nitrogens with zero attached hydrogens (tertiary/aromatic N) is 2. The molecule has 0 unspecified atom stereocenters. The van der Waals surface area contributed by atoms with E-state index in [1.165, 1.54) is 29.0 Å². The molecule has 3 nitrogen and oxygen atoms in total. The lowest BCUT2D eigenvalue weighted by molar-refractivity contribution is 0.286.